The summed E-state index contributed by atoms with van der Waals surface area (Å²) in [6.07, 6.45) is 2.31. The maximum absolute atomic E-state index is 12.6. The molecule has 1 aromatic carbocycles. The maximum atomic E-state index is 12.6. The number of urea groups is 1. The van der Waals surface area contributed by atoms with Gasteiger partial charge in [-0.05, 0) is 75.1 Å². The van der Waals surface area contributed by atoms with Crippen LogP contribution in [-0.2, 0) is 16.4 Å². The van der Waals surface area contributed by atoms with Crippen molar-refractivity contribution < 1.29 is 13.2 Å². The number of piperidine rings is 1. The SMILES string of the molecule is CC1Cc2cc(NC(=O)N3CCC(NS(=O)(=O)C(C)(C)C)CC3)ccc2C1C. The van der Waals surface area contributed by atoms with E-state index in [0.717, 1.165) is 12.1 Å². The summed E-state index contributed by atoms with van der Waals surface area (Å²) in [5.41, 5.74) is 3.55. The van der Waals surface area contributed by atoms with Crippen molar-refractivity contribution in [3.63, 3.8) is 0 Å². The molecule has 7 heteroatoms. The predicted molar refractivity (Wildman–Crippen MR) is 113 cm³/mol. The number of rotatable bonds is 3. The fourth-order valence-electron chi connectivity index (χ4n) is 3.93. The molecule has 2 N–H and O–H groups in total. The maximum Gasteiger partial charge on any atom is 0.321 e. The van der Waals surface area contributed by atoms with Crippen molar-refractivity contribution in [2.45, 2.75) is 70.6 Å². The van der Waals surface area contributed by atoms with Gasteiger partial charge in [-0.15, -0.1) is 0 Å². The third kappa shape index (κ3) is 4.35. The van der Waals surface area contributed by atoms with Gasteiger partial charge in [0, 0.05) is 24.8 Å². The number of anilines is 1. The Bertz CT molecular complexity index is 837. The van der Waals surface area contributed by atoms with Crippen molar-refractivity contribution in [3.8, 4) is 0 Å². The molecule has 0 saturated carbocycles. The Hall–Kier alpha value is -1.60. The zero-order chi connectivity index (χ0) is 20.7. The number of fused-ring (bicyclic) bond motifs is 1. The van der Waals surface area contributed by atoms with Gasteiger partial charge in [-0.2, -0.15) is 0 Å². The predicted octanol–water partition coefficient (Wildman–Crippen LogP) is 3.70. The summed E-state index contributed by atoms with van der Waals surface area (Å²) in [6.45, 7) is 10.7. The van der Waals surface area contributed by atoms with Crippen LogP contribution in [0.4, 0.5) is 10.5 Å². The zero-order valence-electron chi connectivity index (χ0n) is 17.6. The van der Waals surface area contributed by atoms with Crippen molar-refractivity contribution in [2.24, 2.45) is 5.92 Å². The third-order valence-corrected chi connectivity index (χ3v) is 8.45. The molecule has 2 atom stereocenters. The minimum absolute atomic E-state index is 0.115. The van der Waals surface area contributed by atoms with Gasteiger partial charge in [0.25, 0.3) is 0 Å². The lowest BCUT2D eigenvalue weighted by atomic mass is 9.97. The van der Waals surface area contributed by atoms with Crippen LogP contribution in [0.5, 0.6) is 0 Å². The summed E-state index contributed by atoms with van der Waals surface area (Å²) in [5.74, 6) is 1.20. The minimum Gasteiger partial charge on any atom is -0.324 e. The van der Waals surface area contributed by atoms with Gasteiger partial charge in [-0.1, -0.05) is 19.9 Å². The van der Waals surface area contributed by atoms with E-state index in [1.54, 1.807) is 25.7 Å². The van der Waals surface area contributed by atoms with Crippen LogP contribution >= 0.6 is 0 Å². The molecule has 0 spiro atoms. The first-order valence-electron chi connectivity index (χ1n) is 10.2. The van der Waals surface area contributed by atoms with Crippen LogP contribution in [0.25, 0.3) is 0 Å². The molecule has 2 amide bonds. The van der Waals surface area contributed by atoms with Crippen molar-refractivity contribution in [2.75, 3.05) is 18.4 Å². The van der Waals surface area contributed by atoms with Gasteiger partial charge in [-0.3, -0.25) is 0 Å². The fourth-order valence-corrected chi connectivity index (χ4v) is 4.96. The number of benzene rings is 1. The van der Waals surface area contributed by atoms with Crippen molar-refractivity contribution >= 4 is 21.7 Å². The fraction of sp³-hybridized carbons (Fsp3) is 0.667. The minimum atomic E-state index is -3.37. The third-order valence-electron chi connectivity index (χ3n) is 6.19. The molecule has 1 aromatic rings. The molecule has 0 aromatic heterocycles. The van der Waals surface area contributed by atoms with Crippen LogP contribution < -0.4 is 10.0 Å². The standard InChI is InChI=1S/C21H33N3O3S/c1-14-12-16-13-18(6-7-19(16)15(14)2)22-20(25)24-10-8-17(9-11-24)23-28(26,27)21(3,4)5/h6-7,13-15,17,23H,8-12H2,1-5H3,(H,22,25). The average molecular weight is 408 g/mol. The van der Waals surface area contributed by atoms with Crippen molar-refractivity contribution in [1.29, 1.82) is 0 Å². The van der Waals surface area contributed by atoms with Gasteiger partial charge in [0.1, 0.15) is 0 Å². The highest BCUT2D eigenvalue weighted by Gasteiger charge is 2.33. The number of sulfonamides is 1. The Labute approximate surface area is 169 Å². The second-order valence-corrected chi connectivity index (χ2v) is 11.8. The van der Waals surface area contributed by atoms with Gasteiger partial charge in [0.05, 0.1) is 4.75 Å². The number of likely N-dealkylation sites (tertiary alicyclic amines) is 1. The molecule has 2 unspecified atom stereocenters. The summed E-state index contributed by atoms with van der Waals surface area (Å²) in [7, 11) is -3.37. The number of hydrogen-bond donors (Lipinski definition) is 2. The van der Waals surface area contributed by atoms with Crippen LogP contribution in [0.2, 0.25) is 0 Å². The van der Waals surface area contributed by atoms with E-state index in [2.05, 4.69) is 36.0 Å². The Morgan fingerprint density at radius 2 is 1.79 bits per heavy atom. The second kappa shape index (κ2) is 7.67. The molecular weight excluding hydrogens is 374 g/mol. The van der Waals surface area contributed by atoms with E-state index in [0.29, 0.717) is 37.8 Å². The lowest BCUT2D eigenvalue weighted by Gasteiger charge is -2.33. The normalized spacial score (nSPS) is 23.5. The number of hydrogen-bond acceptors (Lipinski definition) is 3. The summed E-state index contributed by atoms with van der Waals surface area (Å²) in [6, 6.07) is 5.98. The largest absolute Gasteiger partial charge is 0.324 e. The van der Waals surface area contributed by atoms with E-state index >= 15 is 0 Å². The first-order chi connectivity index (χ1) is 13.0. The topological polar surface area (TPSA) is 78.5 Å². The highest BCUT2D eigenvalue weighted by atomic mass is 32.2. The average Bonchev–Trinajstić information content (AvgIpc) is 2.88. The summed E-state index contributed by atoms with van der Waals surface area (Å²) in [5, 5.41) is 3.01. The van der Waals surface area contributed by atoms with Crippen LogP contribution in [-0.4, -0.2) is 43.2 Å². The molecule has 1 saturated heterocycles. The number of carbonyl (C=O) groups excluding carboxylic acids is 1. The molecule has 28 heavy (non-hydrogen) atoms. The molecule has 6 nitrogen and oxygen atoms in total. The molecule has 1 fully saturated rings. The molecule has 1 aliphatic heterocycles. The molecule has 1 heterocycles. The molecule has 0 bridgehead atoms. The highest BCUT2D eigenvalue weighted by molar-refractivity contribution is 7.90. The number of carbonyl (C=O) groups is 1. The second-order valence-electron chi connectivity index (χ2n) is 9.31. The van der Waals surface area contributed by atoms with Crippen LogP contribution in [0.1, 0.15) is 64.5 Å². The first kappa shape index (κ1) is 21.1. The monoisotopic (exact) mass is 407 g/mol. The lowest BCUT2D eigenvalue weighted by molar-refractivity contribution is 0.193. The highest BCUT2D eigenvalue weighted by Crippen LogP contribution is 2.38. The molecular formula is C21H33N3O3S. The van der Waals surface area contributed by atoms with Crippen LogP contribution in [0.15, 0.2) is 18.2 Å². The van der Waals surface area contributed by atoms with Gasteiger partial charge in [0.15, 0.2) is 0 Å². The molecule has 0 radical (unpaired) electrons. The number of amides is 2. The van der Waals surface area contributed by atoms with E-state index < -0.39 is 14.8 Å². The van der Waals surface area contributed by atoms with E-state index in [1.165, 1.54) is 11.1 Å². The molecule has 156 valence electrons. The lowest BCUT2D eigenvalue weighted by Crippen LogP contribution is -2.50. The quantitative estimate of drug-likeness (QED) is 0.802. The number of nitrogens with one attached hydrogen (secondary N) is 2. The van der Waals surface area contributed by atoms with E-state index in [-0.39, 0.29) is 12.1 Å². The van der Waals surface area contributed by atoms with Crippen LogP contribution in [0.3, 0.4) is 0 Å². The van der Waals surface area contributed by atoms with E-state index in [1.807, 2.05) is 6.07 Å². The zero-order valence-corrected chi connectivity index (χ0v) is 18.4. The first-order valence-corrected chi connectivity index (χ1v) is 11.7. The molecule has 1 aliphatic carbocycles. The summed E-state index contributed by atoms with van der Waals surface area (Å²) in [4.78, 5) is 14.4. The Kier molecular flexibility index (Phi) is 5.79. The Morgan fingerprint density at radius 3 is 2.39 bits per heavy atom. The Balaban J connectivity index is 1.54. The smallest absolute Gasteiger partial charge is 0.321 e. The van der Waals surface area contributed by atoms with Gasteiger partial charge in [0.2, 0.25) is 10.0 Å². The van der Waals surface area contributed by atoms with Crippen LogP contribution in [0, 0.1) is 5.92 Å². The van der Waals surface area contributed by atoms with E-state index in [4.69, 9.17) is 0 Å². The summed E-state index contributed by atoms with van der Waals surface area (Å²) < 4.78 is 26.6. The van der Waals surface area contributed by atoms with Gasteiger partial charge >= 0.3 is 6.03 Å². The van der Waals surface area contributed by atoms with Crippen molar-refractivity contribution in [3.05, 3.63) is 29.3 Å². The number of nitrogens with zero attached hydrogens (tertiary/aromatic N) is 1. The van der Waals surface area contributed by atoms with Crippen molar-refractivity contribution in [1.82, 2.24) is 9.62 Å². The Morgan fingerprint density at radius 1 is 1.14 bits per heavy atom. The molecule has 2 aliphatic rings. The summed E-state index contributed by atoms with van der Waals surface area (Å²) >= 11 is 0. The van der Waals surface area contributed by atoms with Gasteiger partial charge < -0.3 is 10.2 Å². The molecule has 3 rings (SSSR count). The van der Waals surface area contributed by atoms with Gasteiger partial charge in [-0.25, -0.2) is 17.9 Å². The van der Waals surface area contributed by atoms with E-state index in [9.17, 15) is 13.2 Å².